The molecule has 4 heterocycles. The summed E-state index contributed by atoms with van der Waals surface area (Å²) in [5.74, 6) is -1.72. The summed E-state index contributed by atoms with van der Waals surface area (Å²) in [4.78, 5) is 30.5. The molecular weight excluding hydrogens is 544 g/mol. The summed E-state index contributed by atoms with van der Waals surface area (Å²) < 4.78 is 42.6. The van der Waals surface area contributed by atoms with Crippen molar-refractivity contribution in [3.05, 3.63) is 131 Å². The zero-order valence-electron chi connectivity index (χ0n) is 22.0. The van der Waals surface area contributed by atoms with Gasteiger partial charge in [-0.05, 0) is 66.2 Å². The van der Waals surface area contributed by atoms with E-state index in [1.165, 1.54) is 66.5 Å². The van der Waals surface area contributed by atoms with E-state index in [0.717, 1.165) is 17.2 Å². The second-order valence-electron chi connectivity index (χ2n) is 9.07. The summed E-state index contributed by atoms with van der Waals surface area (Å²) in [6.07, 6.45) is 8.07. The first-order valence-electron chi connectivity index (χ1n) is 12.6. The van der Waals surface area contributed by atoms with Crippen molar-refractivity contribution in [2.75, 3.05) is 12.4 Å². The number of hydrogen-bond donors (Lipinski definition) is 1. The van der Waals surface area contributed by atoms with Crippen LogP contribution in [0.3, 0.4) is 0 Å². The Morgan fingerprint density at radius 3 is 2.38 bits per heavy atom. The van der Waals surface area contributed by atoms with Gasteiger partial charge in [-0.2, -0.15) is 5.10 Å². The number of ether oxygens (including phenoxy) is 2. The van der Waals surface area contributed by atoms with E-state index in [1.54, 1.807) is 29.2 Å². The van der Waals surface area contributed by atoms with Crippen molar-refractivity contribution < 1.29 is 23.0 Å². The zero-order chi connectivity index (χ0) is 29.2. The molecule has 0 fully saturated rings. The van der Waals surface area contributed by atoms with Crippen LogP contribution in [0.2, 0.25) is 0 Å². The fourth-order valence-electron chi connectivity index (χ4n) is 4.54. The van der Waals surface area contributed by atoms with Gasteiger partial charge in [0.1, 0.15) is 22.6 Å². The number of rotatable bonds is 7. The molecule has 6 aromatic rings. The van der Waals surface area contributed by atoms with Crippen LogP contribution in [0.5, 0.6) is 17.2 Å². The first kappa shape index (κ1) is 26.4. The summed E-state index contributed by atoms with van der Waals surface area (Å²) in [5.41, 5.74) is 1.79. The van der Waals surface area contributed by atoms with Crippen LogP contribution in [0.15, 0.2) is 109 Å². The largest absolute Gasteiger partial charge is 0.496 e. The van der Waals surface area contributed by atoms with Gasteiger partial charge in [-0.15, -0.1) is 0 Å². The third-order valence-corrected chi connectivity index (χ3v) is 6.52. The predicted octanol–water partition coefficient (Wildman–Crippen LogP) is 5.88. The van der Waals surface area contributed by atoms with Gasteiger partial charge in [-0.3, -0.25) is 19.1 Å². The highest BCUT2D eigenvalue weighted by molar-refractivity contribution is 6.06. The number of hydrogen-bond acceptors (Lipinski definition) is 6. The van der Waals surface area contributed by atoms with Crippen LogP contribution in [0.4, 0.5) is 14.5 Å². The van der Waals surface area contributed by atoms with Crippen LogP contribution < -0.4 is 20.3 Å². The number of methoxy groups -OCH3 is 1. The highest BCUT2D eigenvalue weighted by Crippen LogP contribution is 2.35. The van der Waals surface area contributed by atoms with Crippen molar-refractivity contribution in [1.82, 2.24) is 19.2 Å². The normalized spacial score (nSPS) is 10.9. The van der Waals surface area contributed by atoms with Gasteiger partial charge in [0.15, 0.2) is 17.3 Å². The Morgan fingerprint density at radius 1 is 0.857 bits per heavy atom. The van der Waals surface area contributed by atoms with Crippen LogP contribution in [0.25, 0.3) is 22.3 Å². The molecule has 42 heavy (non-hydrogen) atoms. The molecule has 0 atom stereocenters. The van der Waals surface area contributed by atoms with Crippen LogP contribution in [0.1, 0.15) is 10.4 Å². The molecule has 11 heteroatoms. The average molecular weight is 566 g/mol. The Bertz CT molecular complexity index is 1990. The van der Waals surface area contributed by atoms with E-state index in [2.05, 4.69) is 15.4 Å². The van der Waals surface area contributed by atoms with Crippen molar-refractivity contribution in [3.8, 4) is 34.1 Å². The third-order valence-electron chi connectivity index (χ3n) is 6.52. The summed E-state index contributed by atoms with van der Waals surface area (Å²) in [5, 5.41) is 6.85. The lowest BCUT2D eigenvalue weighted by atomic mass is 10.1. The second kappa shape index (κ2) is 11.0. The van der Waals surface area contributed by atoms with Gasteiger partial charge < -0.3 is 14.8 Å². The lowest BCUT2D eigenvalue weighted by molar-refractivity contribution is 0.102. The third kappa shape index (κ3) is 4.94. The van der Waals surface area contributed by atoms with Crippen molar-refractivity contribution in [1.29, 1.82) is 0 Å². The van der Waals surface area contributed by atoms with Crippen LogP contribution in [-0.4, -0.2) is 32.2 Å². The molecule has 4 aromatic heterocycles. The maximum atomic E-state index is 15.3. The summed E-state index contributed by atoms with van der Waals surface area (Å²) in [6.45, 7) is 0. The molecule has 0 aliphatic rings. The van der Waals surface area contributed by atoms with E-state index in [9.17, 15) is 14.0 Å². The van der Waals surface area contributed by atoms with Gasteiger partial charge >= 0.3 is 0 Å². The lowest BCUT2D eigenvalue weighted by Crippen LogP contribution is -2.29. The fourth-order valence-corrected chi connectivity index (χ4v) is 4.54. The zero-order valence-corrected chi connectivity index (χ0v) is 22.0. The molecule has 0 aliphatic heterocycles. The van der Waals surface area contributed by atoms with Gasteiger partial charge in [0.2, 0.25) is 0 Å². The molecule has 208 valence electrons. The first-order chi connectivity index (χ1) is 20.4. The molecule has 2 aromatic carbocycles. The molecule has 1 N–H and O–H groups in total. The van der Waals surface area contributed by atoms with Gasteiger partial charge in [0, 0.05) is 53.9 Å². The fraction of sp³-hybridized carbons (Fsp3) is 0.0323. The Balaban J connectivity index is 1.28. The molecule has 0 saturated carbocycles. The number of nitrogens with one attached hydrogen (secondary N) is 1. The van der Waals surface area contributed by atoms with E-state index in [4.69, 9.17) is 9.47 Å². The molecule has 0 unspecified atom stereocenters. The highest BCUT2D eigenvalue weighted by atomic mass is 19.1. The topological polar surface area (TPSA) is 99.8 Å². The SMILES string of the molecule is COc1ccn(-c2ccc(F)cc2)c(=O)c1C(=O)Nc1ccc(Oc2ccnn3ccc(-c4ccncc4)c23)c(F)c1. The second-order valence-corrected chi connectivity index (χ2v) is 9.07. The van der Waals surface area contributed by atoms with E-state index in [1.807, 2.05) is 18.2 Å². The molecule has 6 rings (SSSR count). The molecule has 0 radical (unpaired) electrons. The first-order valence-corrected chi connectivity index (χ1v) is 12.6. The van der Waals surface area contributed by atoms with Crippen LogP contribution in [0, 0.1) is 11.6 Å². The summed E-state index contributed by atoms with van der Waals surface area (Å²) >= 11 is 0. The maximum absolute atomic E-state index is 15.3. The Kier molecular flexibility index (Phi) is 6.89. The van der Waals surface area contributed by atoms with Gasteiger partial charge in [0.25, 0.3) is 11.5 Å². The molecule has 0 bridgehead atoms. The van der Waals surface area contributed by atoms with Crippen molar-refractivity contribution in [3.63, 3.8) is 0 Å². The molecule has 0 spiro atoms. The summed E-state index contributed by atoms with van der Waals surface area (Å²) in [7, 11) is 1.32. The highest BCUT2D eigenvalue weighted by Gasteiger charge is 2.21. The number of carbonyl (C=O) groups excluding carboxylic acids is 1. The number of amides is 1. The number of benzene rings is 2. The Hall–Kier alpha value is -5.84. The quantitative estimate of drug-likeness (QED) is 0.260. The Morgan fingerprint density at radius 2 is 1.64 bits per heavy atom. The molecule has 9 nitrogen and oxygen atoms in total. The molecule has 0 aliphatic carbocycles. The Labute approximate surface area is 237 Å². The van der Waals surface area contributed by atoms with Crippen molar-refractivity contribution >= 4 is 17.1 Å². The minimum Gasteiger partial charge on any atom is -0.496 e. The van der Waals surface area contributed by atoms with Crippen molar-refractivity contribution in [2.24, 2.45) is 0 Å². The number of halogens is 2. The summed E-state index contributed by atoms with van der Waals surface area (Å²) in [6, 6.07) is 17.8. The van der Waals surface area contributed by atoms with E-state index >= 15 is 4.39 Å². The van der Waals surface area contributed by atoms with Crippen LogP contribution >= 0.6 is 0 Å². The minimum atomic E-state index is -0.813. The van der Waals surface area contributed by atoms with E-state index in [0.29, 0.717) is 17.0 Å². The standard InChI is InChI=1S/C31H21F2N5O4/c1-41-26-12-16-37(22-5-2-20(32)3-6-22)31(40)28(26)30(39)36-21-4-7-25(24(33)18-21)42-27-10-15-35-38-17-11-23(29(27)38)19-8-13-34-14-9-19/h2-18H,1H3,(H,36,39). The van der Waals surface area contributed by atoms with Gasteiger partial charge in [-0.25, -0.2) is 13.3 Å². The number of anilines is 1. The molecular formula is C31H21F2N5O4. The molecule has 0 saturated heterocycles. The maximum Gasteiger partial charge on any atom is 0.271 e. The number of aromatic nitrogens is 4. The van der Waals surface area contributed by atoms with Gasteiger partial charge in [-0.1, -0.05) is 0 Å². The number of nitrogens with zero attached hydrogens (tertiary/aromatic N) is 4. The number of fused-ring (bicyclic) bond motifs is 1. The minimum absolute atomic E-state index is 0.0233. The van der Waals surface area contributed by atoms with E-state index < -0.39 is 23.1 Å². The van der Waals surface area contributed by atoms with Crippen molar-refractivity contribution in [2.45, 2.75) is 0 Å². The monoisotopic (exact) mass is 565 g/mol. The van der Waals surface area contributed by atoms with Gasteiger partial charge in [0.05, 0.1) is 13.3 Å². The number of pyridine rings is 2. The lowest BCUT2D eigenvalue weighted by Gasteiger charge is -2.13. The smallest absolute Gasteiger partial charge is 0.271 e. The predicted molar refractivity (Wildman–Crippen MR) is 151 cm³/mol. The average Bonchev–Trinajstić information content (AvgIpc) is 3.44. The molecule has 1 amide bonds. The number of carbonyl (C=O) groups is 1. The van der Waals surface area contributed by atoms with Crippen LogP contribution in [-0.2, 0) is 0 Å². The van der Waals surface area contributed by atoms with E-state index in [-0.39, 0.29) is 22.7 Å².